The van der Waals surface area contributed by atoms with Gasteiger partial charge in [-0.2, -0.15) is 0 Å². The standard InChI is InChI=1S/C25H25N3O5/c1-15-16(3-7-21-24(15)32-11-10-31-21)8-9-26-23-13-20(27-14-28-23)17-2-6-19(25(29)30)22(12-17)33-18-4-5-18/h2-3,6-7,12-14,18H,4-5,8-11H2,1H3,(H,29,30)(H,26,27,28). The van der Waals surface area contributed by atoms with E-state index >= 15 is 0 Å². The maximum Gasteiger partial charge on any atom is 0.339 e. The van der Waals surface area contributed by atoms with Crippen LogP contribution in [0.15, 0.2) is 42.7 Å². The molecule has 33 heavy (non-hydrogen) atoms. The predicted molar refractivity (Wildman–Crippen MR) is 122 cm³/mol. The highest BCUT2D eigenvalue weighted by Gasteiger charge is 2.26. The lowest BCUT2D eigenvalue weighted by Gasteiger charge is -2.21. The van der Waals surface area contributed by atoms with E-state index in [0.29, 0.717) is 37.0 Å². The van der Waals surface area contributed by atoms with Gasteiger partial charge in [0, 0.05) is 18.2 Å². The highest BCUT2D eigenvalue weighted by Crippen LogP contribution is 2.36. The van der Waals surface area contributed by atoms with E-state index in [1.165, 1.54) is 11.9 Å². The van der Waals surface area contributed by atoms with Crippen LogP contribution in [0.4, 0.5) is 5.82 Å². The average molecular weight is 447 g/mol. The number of nitrogens with one attached hydrogen (secondary N) is 1. The van der Waals surface area contributed by atoms with Gasteiger partial charge in [0.15, 0.2) is 11.5 Å². The Morgan fingerprint density at radius 2 is 2.00 bits per heavy atom. The number of rotatable bonds is 8. The number of ether oxygens (including phenoxy) is 3. The van der Waals surface area contributed by atoms with Crippen molar-refractivity contribution in [2.24, 2.45) is 0 Å². The van der Waals surface area contributed by atoms with Crippen LogP contribution < -0.4 is 19.5 Å². The molecule has 0 unspecified atom stereocenters. The van der Waals surface area contributed by atoms with Crippen molar-refractivity contribution in [1.29, 1.82) is 0 Å². The molecule has 8 heteroatoms. The summed E-state index contributed by atoms with van der Waals surface area (Å²) in [4.78, 5) is 20.2. The van der Waals surface area contributed by atoms with Crippen LogP contribution in [-0.2, 0) is 6.42 Å². The van der Waals surface area contributed by atoms with Gasteiger partial charge in [0.1, 0.15) is 36.7 Å². The summed E-state index contributed by atoms with van der Waals surface area (Å²) >= 11 is 0. The number of benzene rings is 2. The summed E-state index contributed by atoms with van der Waals surface area (Å²) in [7, 11) is 0. The summed E-state index contributed by atoms with van der Waals surface area (Å²) in [5.74, 6) is 1.70. The Morgan fingerprint density at radius 3 is 2.82 bits per heavy atom. The van der Waals surface area contributed by atoms with E-state index < -0.39 is 5.97 Å². The first-order valence-electron chi connectivity index (χ1n) is 11.1. The molecule has 5 rings (SSSR count). The molecule has 0 atom stereocenters. The van der Waals surface area contributed by atoms with Crippen LogP contribution in [0.2, 0.25) is 0 Å². The summed E-state index contributed by atoms with van der Waals surface area (Å²) in [5, 5.41) is 12.8. The van der Waals surface area contributed by atoms with Gasteiger partial charge in [-0.15, -0.1) is 0 Å². The first kappa shape index (κ1) is 21.1. The van der Waals surface area contributed by atoms with Crippen LogP contribution in [-0.4, -0.2) is 46.9 Å². The molecule has 1 aliphatic heterocycles. The van der Waals surface area contributed by atoms with Gasteiger partial charge in [0.05, 0.1) is 11.8 Å². The van der Waals surface area contributed by atoms with E-state index in [2.05, 4.69) is 21.4 Å². The number of anilines is 1. The fourth-order valence-electron chi connectivity index (χ4n) is 3.83. The zero-order valence-corrected chi connectivity index (χ0v) is 18.3. The Labute approximate surface area is 191 Å². The Kier molecular flexibility index (Phi) is 5.73. The van der Waals surface area contributed by atoms with Gasteiger partial charge in [0.25, 0.3) is 0 Å². The quantitative estimate of drug-likeness (QED) is 0.532. The molecular weight excluding hydrogens is 422 g/mol. The van der Waals surface area contributed by atoms with Crippen LogP contribution >= 0.6 is 0 Å². The van der Waals surface area contributed by atoms with Crippen molar-refractivity contribution in [2.75, 3.05) is 25.1 Å². The number of carboxylic acid groups (broad SMARTS) is 1. The number of fused-ring (bicyclic) bond motifs is 1. The number of aromatic carboxylic acids is 1. The molecule has 1 saturated carbocycles. The molecule has 3 aromatic rings. The van der Waals surface area contributed by atoms with Gasteiger partial charge in [-0.3, -0.25) is 0 Å². The van der Waals surface area contributed by atoms with Crippen LogP contribution in [0, 0.1) is 6.92 Å². The molecule has 2 heterocycles. The third kappa shape index (κ3) is 4.69. The molecule has 0 bridgehead atoms. The van der Waals surface area contributed by atoms with Crippen LogP contribution in [0.25, 0.3) is 11.3 Å². The Balaban J connectivity index is 1.28. The molecule has 2 aromatic carbocycles. The van der Waals surface area contributed by atoms with Gasteiger partial charge >= 0.3 is 5.97 Å². The number of nitrogens with zero attached hydrogens (tertiary/aromatic N) is 2. The first-order valence-corrected chi connectivity index (χ1v) is 11.1. The van der Waals surface area contributed by atoms with Crippen LogP contribution in [0.3, 0.4) is 0 Å². The van der Waals surface area contributed by atoms with Crippen molar-refractivity contribution in [3.05, 3.63) is 59.4 Å². The summed E-state index contributed by atoms with van der Waals surface area (Å²) < 4.78 is 17.2. The Morgan fingerprint density at radius 1 is 1.15 bits per heavy atom. The number of aromatic nitrogens is 2. The predicted octanol–water partition coefficient (Wildman–Crippen LogP) is 4.12. The molecule has 0 amide bonds. The molecular formula is C25H25N3O5. The van der Waals surface area contributed by atoms with Crippen molar-refractivity contribution in [1.82, 2.24) is 9.97 Å². The third-order valence-corrected chi connectivity index (χ3v) is 5.76. The van der Waals surface area contributed by atoms with Crippen LogP contribution in [0.5, 0.6) is 17.2 Å². The fraction of sp³-hybridized carbons (Fsp3) is 0.320. The summed E-state index contributed by atoms with van der Waals surface area (Å²) in [6.45, 7) is 3.88. The molecule has 0 radical (unpaired) electrons. The van der Waals surface area contributed by atoms with Gasteiger partial charge in [0.2, 0.25) is 0 Å². The smallest absolute Gasteiger partial charge is 0.339 e. The maximum absolute atomic E-state index is 11.5. The molecule has 1 aliphatic carbocycles. The highest BCUT2D eigenvalue weighted by molar-refractivity contribution is 5.92. The summed E-state index contributed by atoms with van der Waals surface area (Å²) in [6, 6.07) is 10.9. The van der Waals surface area contributed by atoms with E-state index in [1.807, 2.05) is 19.1 Å². The monoisotopic (exact) mass is 447 g/mol. The lowest BCUT2D eigenvalue weighted by molar-refractivity contribution is 0.0692. The molecule has 1 aromatic heterocycles. The lowest BCUT2D eigenvalue weighted by atomic mass is 10.0. The van der Waals surface area contributed by atoms with E-state index in [1.54, 1.807) is 18.2 Å². The minimum Gasteiger partial charge on any atom is -0.490 e. The number of hydrogen-bond donors (Lipinski definition) is 2. The van der Waals surface area contributed by atoms with E-state index in [-0.39, 0.29) is 11.7 Å². The maximum atomic E-state index is 11.5. The van der Waals surface area contributed by atoms with E-state index in [9.17, 15) is 9.90 Å². The molecule has 0 spiro atoms. The SMILES string of the molecule is Cc1c(CCNc2cc(-c3ccc(C(=O)O)c(OC4CC4)c3)ncn2)ccc2c1OCCO2. The zero-order chi connectivity index (χ0) is 22.8. The van der Waals surface area contributed by atoms with Crippen LogP contribution in [0.1, 0.15) is 34.3 Å². The lowest BCUT2D eigenvalue weighted by Crippen LogP contribution is -2.17. The molecule has 0 saturated heterocycles. The van der Waals surface area contributed by atoms with Gasteiger partial charge in [-0.1, -0.05) is 12.1 Å². The van der Waals surface area contributed by atoms with Gasteiger partial charge in [-0.05, 0) is 55.5 Å². The number of hydrogen-bond acceptors (Lipinski definition) is 7. The largest absolute Gasteiger partial charge is 0.490 e. The van der Waals surface area contributed by atoms with Crippen molar-refractivity contribution in [2.45, 2.75) is 32.3 Å². The summed E-state index contributed by atoms with van der Waals surface area (Å²) in [5.41, 5.74) is 3.92. The zero-order valence-electron chi connectivity index (χ0n) is 18.3. The number of carbonyl (C=O) groups is 1. The highest BCUT2D eigenvalue weighted by atomic mass is 16.6. The van der Waals surface area contributed by atoms with Gasteiger partial charge < -0.3 is 24.6 Å². The van der Waals surface area contributed by atoms with Crippen molar-refractivity contribution in [3.63, 3.8) is 0 Å². The van der Waals surface area contributed by atoms with E-state index in [4.69, 9.17) is 14.2 Å². The normalized spacial score (nSPS) is 14.6. The van der Waals surface area contributed by atoms with Crippen molar-refractivity contribution >= 4 is 11.8 Å². The second-order valence-electron chi connectivity index (χ2n) is 8.17. The van der Waals surface area contributed by atoms with Gasteiger partial charge in [-0.25, -0.2) is 14.8 Å². The second-order valence-corrected chi connectivity index (χ2v) is 8.17. The third-order valence-electron chi connectivity index (χ3n) is 5.76. The topological polar surface area (TPSA) is 103 Å². The Hall–Kier alpha value is -3.81. The minimum atomic E-state index is -1.00. The Bertz CT molecular complexity index is 1190. The fourth-order valence-corrected chi connectivity index (χ4v) is 3.83. The number of carboxylic acids is 1. The van der Waals surface area contributed by atoms with Crippen molar-refractivity contribution in [3.8, 4) is 28.5 Å². The first-order chi connectivity index (χ1) is 16.1. The molecule has 170 valence electrons. The molecule has 8 nitrogen and oxygen atoms in total. The van der Waals surface area contributed by atoms with E-state index in [0.717, 1.165) is 41.9 Å². The molecule has 2 N–H and O–H groups in total. The molecule has 1 fully saturated rings. The average Bonchev–Trinajstić information content (AvgIpc) is 3.65. The second kappa shape index (κ2) is 8.97. The summed E-state index contributed by atoms with van der Waals surface area (Å²) in [6.07, 6.45) is 4.31. The minimum absolute atomic E-state index is 0.102. The molecule has 2 aliphatic rings. The van der Waals surface area contributed by atoms with Crippen molar-refractivity contribution < 1.29 is 24.1 Å².